The highest BCUT2D eigenvalue weighted by atomic mass is 16.6. The van der Waals surface area contributed by atoms with Crippen LogP contribution in [0.15, 0.2) is 30.7 Å². The predicted octanol–water partition coefficient (Wildman–Crippen LogP) is 2.30. The van der Waals surface area contributed by atoms with Crippen LogP contribution in [0.1, 0.15) is 38.0 Å². The Morgan fingerprint density at radius 1 is 1.39 bits per heavy atom. The van der Waals surface area contributed by atoms with E-state index in [1.165, 1.54) is 0 Å². The Labute approximate surface area is 160 Å². The molecule has 1 aliphatic heterocycles. The van der Waals surface area contributed by atoms with Crippen LogP contribution in [0, 0.1) is 0 Å². The number of anilines is 2. The van der Waals surface area contributed by atoms with Gasteiger partial charge in [-0.3, -0.25) is 9.50 Å². The third-order valence-electron chi connectivity index (χ3n) is 5.11. The molecule has 3 aromatic rings. The van der Waals surface area contributed by atoms with E-state index in [0.29, 0.717) is 24.8 Å². The van der Waals surface area contributed by atoms with Crippen molar-refractivity contribution in [2.24, 2.45) is 0 Å². The number of amides is 1. The molecule has 1 saturated heterocycles. The summed E-state index contributed by atoms with van der Waals surface area (Å²) in [4.78, 5) is 20.5. The molecule has 0 aromatic carbocycles. The van der Waals surface area contributed by atoms with Gasteiger partial charge in [-0.2, -0.15) is 5.10 Å². The van der Waals surface area contributed by atoms with E-state index >= 15 is 0 Å². The second kappa shape index (κ2) is 6.48. The van der Waals surface area contributed by atoms with Crippen LogP contribution < -0.4 is 10.6 Å². The molecule has 2 atom stereocenters. The van der Waals surface area contributed by atoms with Gasteiger partial charge in [0, 0.05) is 31.1 Å². The van der Waals surface area contributed by atoms with Crippen molar-refractivity contribution < 1.29 is 14.3 Å². The molecule has 3 aromatic heterocycles. The number of carbonyl (C=O) groups excluding carboxylic acids is 1. The summed E-state index contributed by atoms with van der Waals surface area (Å²) in [5.74, 6) is 1.25. The van der Waals surface area contributed by atoms with E-state index in [-0.39, 0.29) is 23.8 Å². The minimum Gasteiger partial charge on any atom is -0.443 e. The molecule has 5 rings (SSSR count). The zero-order valence-electron chi connectivity index (χ0n) is 15.4. The summed E-state index contributed by atoms with van der Waals surface area (Å²) < 4.78 is 13.1. The number of rotatable bonds is 5. The molecule has 10 heteroatoms. The number of aromatic nitrogens is 5. The Morgan fingerprint density at radius 3 is 3.14 bits per heavy atom. The van der Waals surface area contributed by atoms with Gasteiger partial charge in [0.25, 0.3) is 0 Å². The molecule has 0 spiro atoms. The smallest absolute Gasteiger partial charge is 0.407 e. The number of aromatic amines is 1. The number of hydrogen-bond acceptors (Lipinski definition) is 7. The van der Waals surface area contributed by atoms with Crippen LogP contribution >= 0.6 is 0 Å². The first-order chi connectivity index (χ1) is 13.6. The SMILES string of the molecule is CC1(OC(=O)N[C@H]2CO[C@@H](c3cc(Nc4nccc5nccn45)n[nH]3)C2)CC1. The summed E-state index contributed by atoms with van der Waals surface area (Å²) in [5.41, 5.74) is 1.36. The monoisotopic (exact) mass is 383 g/mol. The van der Waals surface area contributed by atoms with Crippen LogP contribution in [-0.4, -0.2) is 48.9 Å². The summed E-state index contributed by atoms with van der Waals surface area (Å²) in [5, 5.41) is 13.3. The lowest BCUT2D eigenvalue weighted by Crippen LogP contribution is -2.37. The molecule has 0 unspecified atom stereocenters. The van der Waals surface area contributed by atoms with Crippen molar-refractivity contribution in [3.05, 3.63) is 36.4 Å². The van der Waals surface area contributed by atoms with Crippen molar-refractivity contribution in [3.63, 3.8) is 0 Å². The topological polar surface area (TPSA) is 118 Å². The highest BCUT2D eigenvalue weighted by Gasteiger charge is 2.42. The van der Waals surface area contributed by atoms with E-state index < -0.39 is 0 Å². The Hall–Kier alpha value is -3.14. The molecule has 0 radical (unpaired) electrons. The molecule has 4 heterocycles. The maximum absolute atomic E-state index is 12.0. The maximum Gasteiger partial charge on any atom is 0.407 e. The molecule has 10 nitrogen and oxygen atoms in total. The van der Waals surface area contributed by atoms with Crippen LogP contribution in [0.4, 0.5) is 16.6 Å². The lowest BCUT2D eigenvalue weighted by molar-refractivity contribution is 0.0860. The lowest BCUT2D eigenvalue weighted by Gasteiger charge is -2.15. The average molecular weight is 383 g/mol. The molecule has 3 N–H and O–H groups in total. The fourth-order valence-electron chi connectivity index (χ4n) is 3.27. The third kappa shape index (κ3) is 3.38. The van der Waals surface area contributed by atoms with Gasteiger partial charge in [0.2, 0.25) is 5.95 Å². The third-order valence-corrected chi connectivity index (χ3v) is 5.11. The Bertz CT molecular complexity index is 1010. The Balaban J connectivity index is 1.20. The van der Waals surface area contributed by atoms with Gasteiger partial charge in [0.1, 0.15) is 17.4 Å². The molecule has 1 amide bonds. The molecule has 2 fully saturated rings. The number of H-pyrrole nitrogens is 1. The molecular formula is C18H21N7O3. The van der Waals surface area contributed by atoms with Crippen molar-refractivity contribution in [1.82, 2.24) is 29.9 Å². The summed E-state index contributed by atoms with van der Waals surface area (Å²) in [6, 6.07) is 3.63. The van der Waals surface area contributed by atoms with Crippen molar-refractivity contribution in [3.8, 4) is 0 Å². The highest BCUT2D eigenvalue weighted by Crippen LogP contribution is 2.38. The summed E-state index contributed by atoms with van der Waals surface area (Å²) in [7, 11) is 0. The van der Waals surface area contributed by atoms with Crippen molar-refractivity contribution in [2.45, 2.75) is 43.9 Å². The standard InChI is InChI=1S/C18H21N7O3/c1-18(3-4-18)28-17(26)21-11-8-13(27-10-11)12-9-14(24-23-12)22-16-20-5-2-15-19-6-7-25(15)16/h2,5-7,9,11,13H,3-4,8,10H2,1H3,(H,21,26)(H2,20,22,23,24)/t11-,13-/m1/s1. The summed E-state index contributed by atoms with van der Waals surface area (Å²) in [6.45, 7) is 2.38. The van der Waals surface area contributed by atoms with Crippen LogP contribution in [0.25, 0.3) is 5.65 Å². The van der Waals surface area contributed by atoms with Gasteiger partial charge in [-0.1, -0.05) is 0 Å². The number of ether oxygens (including phenoxy) is 2. The first-order valence-corrected chi connectivity index (χ1v) is 9.29. The Kier molecular flexibility index (Phi) is 3.93. The number of nitrogens with zero attached hydrogens (tertiary/aromatic N) is 4. The highest BCUT2D eigenvalue weighted by molar-refractivity contribution is 5.68. The molecule has 1 aliphatic carbocycles. The minimum atomic E-state index is -0.374. The zero-order chi connectivity index (χ0) is 19.1. The molecular weight excluding hydrogens is 362 g/mol. The fraction of sp³-hybridized carbons (Fsp3) is 0.444. The quantitative estimate of drug-likeness (QED) is 0.618. The van der Waals surface area contributed by atoms with Crippen LogP contribution in [0.2, 0.25) is 0 Å². The first-order valence-electron chi connectivity index (χ1n) is 9.29. The number of carbonyl (C=O) groups is 1. The average Bonchev–Trinajstić information content (AvgIpc) is 3.13. The van der Waals surface area contributed by atoms with Crippen LogP contribution in [-0.2, 0) is 9.47 Å². The van der Waals surface area contributed by atoms with Gasteiger partial charge in [-0.15, -0.1) is 0 Å². The van der Waals surface area contributed by atoms with Gasteiger partial charge < -0.3 is 20.1 Å². The van der Waals surface area contributed by atoms with E-state index in [2.05, 4.69) is 30.8 Å². The number of nitrogens with one attached hydrogen (secondary N) is 3. The van der Waals surface area contributed by atoms with Gasteiger partial charge in [-0.05, 0) is 25.8 Å². The zero-order valence-corrected chi connectivity index (χ0v) is 15.4. The van der Waals surface area contributed by atoms with E-state index in [1.807, 2.05) is 29.7 Å². The molecule has 146 valence electrons. The lowest BCUT2D eigenvalue weighted by atomic mass is 10.1. The second-order valence-electron chi connectivity index (χ2n) is 7.50. The minimum absolute atomic E-state index is 0.0825. The van der Waals surface area contributed by atoms with E-state index in [0.717, 1.165) is 24.2 Å². The molecule has 2 aliphatic rings. The summed E-state index contributed by atoms with van der Waals surface area (Å²) in [6.07, 6.45) is 7.20. The van der Waals surface area contributed by atoms with Gasteiger partial charge in [0.05, 0.1) is 18.3 Å². The van der Waals surface area contributed by atoms with Gasteiger partial charge >= 0.3 is 6.09 Å². The molecule has 0 bridgehead atoms. The van der Waals surface area contributed by atoms with Crippen molar-refractivity contribution in [1.29, 1.82) is 0 Å². The Morgan fingerprint density at radius 2 is 2.29 bits per heavy atom. The summed E-state index contributed by atoms with van der Waals surface area (Å²) >= 11 is 0. The number of alkyl carbamates (subject to hydrolysis) is 1. The van der Waals surface area contributed by atoms with Crippen molar-refractivity contribution >= 4 is 23.5 Å². The number of fused-ring (bicyclic) bond motifs is 1. The van der Waals surface area contributed by atoms with E-state index in [1.54, 1.807) is 12.4 Å². The fourth-order valence-corrected chi connectivity index (χ4v) is 3.27. The van der Waals surface area contributed by atoms with Gasteiger partial charge in [-0.25, -0.2) is 14.8 Å². The normalized spacial score (nSPS) is 22.9. The van der Waals surface area contributed by atoms with Crippen molar-refractivity contribution in [2.75, 3.05) is 11.9 Å². The van der Waals surface area contributed by atoms with Crippen LogP contribution in [0.3, 0.4) is 0 Å². The van der Waals surface area contributed by atoms with E-state index in [4.69, 9.17) is 9.47 Å². The maximum atomic E-state index is 12.0. The predicted molar refractivity (Wildman–Crippen MR) is 99.2 cm³/mol. The first kappa shape index (κ1) is 17.0. The largest absolute Gasteiger partial charge is 0.443 e. The molecule has 1 saturated carbocycles. The second-order valence-corrected chi connectivity index (χ2v) is 7.50. The number of hydrogen-bond donors (Lipinski definition) is 3. The van der Waals surface area contributed by atoms with Crippen LogP contribution in [0.5, 0.6) is 0 Å². The molecule has 28 heavy (non-hydrogen) atoms. The number of imidazole rings is 1. The van der Waals surface area contributed by atoms with E-state index in [9.17, 15) is 4.79 Å². The van der Waals surface area contributed by atoms with Gasteiger partial charge in [0.15, 0.2) is 5.82 Å².